The molecule has 55 heavy (non-hydrogen) atoms. The molecule has 1 fully saturated rings. The SMILES string of the molecule is CN(C(=O)C1CCN(c2ccnc3ccc(-c4cn(C(c5ccccc5)(c5ccccc5)c5ccccc5)nc4C(F)(F)F)cc23)CC1)c1ccc(F)cc1. The van der Waals surface area contributed by atoms with Gasteiger partial charge in [0, 0.05) is 60.8 Å². The van der Waals surface area contributed by atoms with Crippen LogP contribution in [0, 0.1) is 11.7 Å². The number of carbonyl (C=O) groups excluding carboxylic acids is 1. The number of piperidine rings is 1. The third kappa shape index (κ3) is 6.62. The maximum absolute atomic E-state index is 15.2. The molecule has 6 nitrogen and oxygen atoms in total. The van der Waals surface area contributed by atoms with Gasteiger partial charge in [-0.2, -0.15) is 18.3 Å². The predicted octanol–water partition coefficient (Wildman–Crippen LogP) is 9.98. The van der Waals surface area contributed by atoms with Crippen LogP contribution in [0.25, 0.3) is 22.0 Å². The maximum Gasteiger partial charge on any atom is 0.435 e. The molecule has 0 atom stereocenters. The van der Waals surface area contributed by atoms with Crippen LogP contribution in [-0.2, 0) is 16.5 Å². The first kappa shape index (κ1) is 35.7. The van der Waals surface area contributed by atoms with Gasteiger partial charge in [-0.15, -0.1) is 0 Å². The van der Waals surface area contributed by atoms with Crippen molar-refractivity contribution in [1.29, 1.82) is 0 Å². The van der Waals surface area contributed by atoms with Gasteiger partial charge in [0.1, 0.15) is 11.4 Å². The van der Waals surface area contributed by atoms with Crippen molar-refractivity contribution in [3.8, 4) is 11.1 Å². The number of pyridine rings is 1. The second-order valence-corrected chi connectivity index (χ2v) is 13.8. The lowest BCUT2D eigenvalue weighted by Crippen LogP contribution is -2.41. The number of rotatable bonds is 8. The number of amides is 1. The molecule has 0 spiro atoms. The van der Waals surface area contributed by atoms with Crippen LogP contribution < -0.4 is 9.80 Å². The number of aromatic nitrogens is 3. The molecule has 8 rings (SSSR count). The first-order valence-corrected chi connectivity index (χ1v) is 18.2. The minimum Gasteiger partial charge on any atom is -0.371 e. The van der Waals surface area contributed by atoms with Crippen LogP contribution in [0.1, 0.15) is 35.2 Å². The zero-order valence-electron chi connectivity index (χ0n) is 30.0. The van der Waals surface area contributed by atoms with Crippen LogP contribution >= 0.6 is 0 Å². The van der Waals surface area contributed by atoms with E-state index in [1.165, 1.54) is 23.0 Å². The molecule has 0 bridgehead atoms. The largest absolute Gasteiger partial charge is 0.435 e. The molecule has 0 saturated carbocycles. The molecular formula is C45H37F4N5O. The normalized spacial score (nSPS) is 13.9. The minimum absolute atomic E-state index is 0.0394. The van der Waals surface area contributed by atoms with Crippen LogP contribution in [0.15, 0.2) is 152 Å². The second kappa shape index (κ2) is 14.5. The smallest absolute Gasteiger partial charge is 0.371 e. The summed E-state index contributed by atoms with van der Waals surface area (Å²) in [4.78, 5) is 21.7. The minimum atomic E-state index is -4.77. The monoisotopic (exact) mass is 739 g/mol. The van der Waals surface area contributed by atoms with Gasteiger partial charge in [-0.3, -0.25) is 14.5 Å². The summed E-state index contributed by atoms with van der Waals surface area (Å²) < 4.78 is 60.5. The van der Waals surface area contributed by atoms with E-state index in [9.17, 15) is 9.18 Å². The fourth-order valence-electron chi connectivity index (χ4n) is 7.91. The van der Waals surface area contributed by atoms with Crippen molar-refractivity contribution in [2.24, 2.45) is 5.92 Å². The fraction of sp³-hybridized carbons (Fsp3) is 0.178. The number of carbonyl (C=O) groups is 1. The second-order valence-electron chi connectivity index (χ2n) is 13.8. The lowest BCUT2D eigenvalue weighted by Gasteiger charge is -2.36. The van der Waals surface area contributed by atoms with Crippen LogP contribution in [0.2, 0.25) is 0 Å². The molecule has 1 aliphatic heterocycles. The number of anilines is 2. The Balaban J connectivity index is 1.19. The van der Waals surface area contributed by atoms with E-state index < -0.39 is 17.4 Å². The Morgan fingerprint density at radius 1 is 0.745 bits per heavy atom. The number of benzene rings is 5. The summed E-state index contributed by atoms with van der Waals surface area (Å²) in [5.74, 6) is -0.634. The Labute approximate surface area is 316 Å². The highest BCUT2D eigenvalue weighted by atomic mass is 19.4. The van der Waals surface area contributed by atoms with Gasteiger partial charge in [-0.1, -0.05) is 97.1 Å². The number of fused-ring (bicyclic) bond motifs is 1. The molecule has 0 aliphatic carbocycles. The molecule has 3 heterocycles. The Morgan fingerprint density at radius 3 is 1.85 bits per heavy atom. The maximum atomic E-state index is 15.2. The lowest BCUT2D eigenvalue weighted by atomic mass is 9.77. The summed E-state index contributed by atoms with van der Waals surface area (Å²) in [5.41, 5.74) is 2.44. The highest BCUT2D eigenvalue weighted by Crippen LogP contribution is 2.45. The van der Waals surface area contributed by atoms with Crippen molar-refractivity contribution in [2.45, 2.75) is 24.6 Å². The summed E-state index contributed by atoms with van der Waals surface area (Å²) in [6, 6.07) is 41.3. The van der Waals surface area contributed by atoms with Gasteiger partial charge >= 0.3 is 6.18 Å². The summed E-state index contributed by atoms with van der Waals surface area (Å²) >= 11 is 0. The van der Waals surface area contributed by atoms with Crippen molar-refractivity contribution in [3.05, 3.63) is 180 Å². The standard InChI is InChI=1S/C45H37F4N5O/c1-52(37-20-18-36(46)19-21-37)43(55)31-24-27-53(28-25-31)41-23-26-50-40-22-17-32(29-38(40)41)39-30-54(51-42(39)45(47,48)49)44(33-11-5-2-6-12-33,34-13-7-3-8-14-34)35-15-9-4-10-16-35/h2-23,26,29-31H,24-25,27-28H2,1H3. The quantitative estimate of drug-likeness (QED) is 0.115. The van der Waals surface area contributed by atoms with E-state index in [-0.39, 0.29) is 23.2 Å². The molecule has 1 amide bonds. The number of alkyl halides is 3. The van der Waals surface area contributed by atoms with Crippen LogP contribution in [-0.4, -0.2) is 40.8 Å². The third-order valence-corrected chi connectivity index (χ3v) is 10.7. The summed E-state index contributed by atoms with van der Waals surface area (Å²) in [6.07, 6.45) is -0.386. The topological polar surface area (TPSA) is 54.3 Å². The molecule has 276 valence electrons. The van der Waals surface area contributed by atoms with Crippen molar-refractivity contribution in [3.63, 3.8) is 0 Å². The van der Waals surface area contributed by atoms with Crippen molar-refractivity contribution < 1.29 is 22.4 Å². The van der Waals surface area contributed by atoms with E-state index in [0.29, 0.717) is 48.1 Å². The number of halogens is 4. The van der Waals surface area contributed by atoms with Gasteiger partial charge in [-0.25, -0.2) is 4.39 Å². The van der Waals surface area contributed by atoms with E-state index in [1.807, 2.05) is 97.1 Å². The highest BCUT2D eigenvalue weighted by Gasteiger charge is 2.44. The Bertz CT molecular complexity index is 2330. The third-order valence-electron chi connectivity index (χ3n) is 10.7. The number of hydrogen-bond acceptors (Lipinski definition) is 4. The Kier molecular flexibility index (Phi) is 9.42. The summed E-state index contributed by atoms with van der Waals surface area (Å²) in [6.45, 7) is 1.13. The lowest BCUT2D eigenvalue weighted by molar-refractivity contribution is -0.141. The van der Waals surface area contributed by atoms with E-state index >= 15 is 13.2 Å². The van der Waals surface area contributed by atoms with Crippen molar-refractivity contribution in [2.75, 3.05) is 29.9 Å². The van der Waals surface area contributed by atoms with Gasteiger partial charge in [0.2, 0.25) is 5.91 Å². The van der Waals surface area contributed by atoms with Crippen molar-refractivity contribution in [1.82, 2.24) is 14.8 Å². The molecule has 10 heteroatoms. The fourth-order valence-corrected chi connectivity index (χ4v) is 7.91. The van der Waals surface area contributed by atoms with Crippen LogP contribution in [0.4, 0.5) is 28.9 Å². The average molecular weight is 740 g/mol. The number of nitrogens with zero attached hydrogens (tertiary/aromatic N) is 5. The molecular weight excluding hydrogens is 703 g/mol. The molecule has 5 aromatic carbocycles. The first-order chi connectivity index (χ1) is 26.6. The van der Waals surface area contributed by atoms with Crippen molar-refractivity contribution >= 4 is 28.2 Å². The van der Waals surface area contributed by atoms with Crippen LogP contribution in [0.3, 0.4) is 0 Å². The average Bonchev–Trinajstić information content (AvgIpc) is 3.69. The van der Waals surface area contributed by atoms with E-state index in [1.54, 1.807) is 48.5 Å². The predicted molar refractivity (Wildman–Crippen MR) is 207 cm³/mol. The molecule has 1 aliphatic rings. The van der Waals surface area contributed by atoms with Gasteiger partial charge in [-0.05, 0) is 77.6 Å². The van der Waals surface area contributed by atoms with Gasteiger partial charge in [0.05, 0.1) is 5.52 Å². The first-order valence-electron chi connectivity index (χ1n) is 18.2. The zero-order chi connectivity index (χ0) is 38.2. The van der Waals surface area contributed by atoms with Crippen LogP contribution in [0.5, 0.6) is 0 Å². The summed E-state index contributed by atoms with van der Waals surface area (Å²) in [5, 5.41) is 5.13. The molecule has 2 aromatic heterocycles. The van der Waals surface area contributed by atoms with Gasteiger partial charge in [0.25, 0.3) is 0 Å². The molecule has 0 N–H and O–H groups in total. The number of hydrogen-bond donors (Lipinski definition) is 0. The molecule has 0 unspecified atom stereocenters. The molecule has 1 saturated heterocycles. The molecule has 0 radical (unpaired) electrons. The Hall–Kier alpha value is -6.29. The molecule has 7 aromatic rings. The van der Waals surface area contributed by atoms with Gasteiger partial charge < -0.3 is 9.80 Å². The van der Waals surface area contributed by atoms with Gasteiger partial charge in [0.15, 0.2) is 5.69 Å². The summed E-state index contributed by atoms with van der Waals surface area (Å²) in [7, 11) is 1.70. The Morgan fingerprint density at radius 2 is 1.31 bits per heavy atom. The van der Waals surface area contributed by atoms with E-state index in [4.69, 9.17) is 0 Å². The zero-order valence-corrected chi connectivity index (χ0v) is 30.0. The highest BCUT2D eigenvalue weighted by molar-refractivity contribution is 5.96. The van der Waals surface area contributed by atoms with E-state index in [0.717, 1.165) is 22.4 Å². The van der Waals surface area contributed by atoms with E-state index in [2.05, 4.69) is 15.0 Å².